The molecule has 1 amide bonds. The van der Waals surface area contributed by atoms with Crippen LogP contribution < -0.4 is 0 Å². The maximum atomic E-state index is 11.2. The summed E-state index contributed by atoms with van der Waals surface area (Å²) in [6, 6.07) is 0. The van der Waals surface area contributed by atoms with E-state index >= 15 is 0 Å². The highest BCUT2D eigenvalue weighted by molar-refractivity contribution is 7.68. The molecule has 0 atom stereocenters. The van der Waals surface area contributed by atoms with Crippen LogP contribution in [0.15, 0.2) is 0 Å². The first-order chi connectivity index (χ1) is 4.99. The summed E-state index contributed by atoms with van der Waals surface area (Å²) in [5, 5.41) is 0. The Hall–Kier alpha value is -0.640. The highest BCUT2D eigenvalue weighted by Crippen LogP contribution is 2.25. The number of carbonyl (C=O) groups is 1. The zero-order valence-corrected chi connectivity index (χ0v) is 7.70. The van der Waals surface area contributed by atoms with E-state index in [9.17, 15) is 9.00 Å². The van der Waals surface area contributed by atoms with Crippen molar-refractivity contribution in [3.8, 4) is 0 Å². The Morgan fingerprint density at radius 3 is 2.27 bits per heavy atom. The van der Waals surface area contributed by atoms with Gasteiger partial charge >= 0.3 is 0 Å². The fourth-order valence-corrected chi connectivity index (χ4v) is 1.87. The lowest BCUT2D eigenvalue weighted by Gasteiger charge is -2.14. The highest BCUT2D eigenvalue weighted by Gasteiger charge is 2.40. The second-order valence-electron chi connectivity index (χ2n) is 3.46. The van der Waals surface area contributed by atoms with Gasteiger partial charge in [-0.2, -0.15) is 0 Å². The molecular formula is C7H11NO2S. The number of nitrogens with zero attached hydrogens (tertiary/aromatic N) is 1. The minimum Gasteiger partial charge on any atom is -0.340 e. The van der Waals surface area contributed by atoms with E-state index in [1.165, 1.54) is 0 Å². The number of rotatable bonds is 0. The van der Waals surface area contributed by atoms with Crippen LogP contribution in [-0.2, 0) is 16.1 Å². The van der Waals surface area contributed by atoms with Crippen molar-refractivity contribution in [2.45, 2.75) is 13.8 Å². The molecule has 1 heterocycles. The highest BCUT2D eigenvalue weighted by atomic mass is 32.1. The van der Waals surface area contributed by atoms with Crippen molar-refractivity contribution in [3.05, 3.63) is 0 Å². The molecule has 62 valence electrons. The normalized spacial score (nSPS) is 22.6. The lowest BCUT2D eigenvalue weighted by molar-refractivity contribution is -0.121. The summed E-state index contributed by atoms with van der Waals surface area (Å²) in [4.78, 5) is 13.2. The van der Waals surface area contributed by atoms with Gasteiger partial charge in [-0.1, -0.05) is 13.8 Å². The Balaban J connectivity index is 3.11. The Bertz CT molecular complexity index is 253. The average Bonchev–Trinajstić information content (AvgIpc) is 2.03. The molecule has 1 aliphatic rings. The third-order valence-corrected chi connectivity index (χ3v) is 2.77. The molecule has 1 rings (SSSR count). The van der Waals surface area contributed by atoms with E-state index in [1.807, 2.05) is 13.8 Å². The Labute approximate surface area is 69.5 Å². The van der Waals surface area contributed by atoms with Crippen LogP contribution in [0.3, 0.4) is 0 Å². The van der Waals surface area contributed by atoms with Gasteiger partial charge in [-0.25, -0.2) is 4.21 Å². The fraction of sp³-hybridized carbons (Fsp3) is 0.714. The lowest BCUT2D eigenvalue weighted by Crippen LogP contribution is -2.24. The first-order valence-corrected chi connectivity index (χ1v) is 4.16. The molecule has 1 saturated heterocycles. The average molecular weight is 173 g/mol. The Kier molecular flexibility index (Phi) is 1.88. The second-order valence-corrected chi connectivity index (χ2v) is 4.03. The molecule has 0 N–H and O–H groups in total. The van der Waals surface area contributed by atoms with Crippen LogP contribution in [0.2, 0.25) is 0 Å². The first-order valence-electron chi connectivity index (χ1n) is 3.42. The van der Waals surface area contributed by atoms with E-state index in [1.54, 1.807) is 11.9 Å². The SMILES string of the molecule is CN1CC(C)(C)C(=S=O)C1=O. The van der Waals surface area contributed by atoms with Gasteiger partial charge in [-0.05, 0) is 0 Å². The molecular weight excluding hydrogens is 162 g/mol. The van der Waals surface area contributed by atoms with Gasteiger partial charge in [0.1, 0.15) is 4.86 Å². The molecule has 11 heavy (non-hydrogen) atoms. The van der Waals surface area contributed by atoms with Crippen molar-refractivity contribution in [3.63, 3.8) is 0 Å². The zero-order valence-electron chi connectivity index (χ0n) is 6.88. The maximum absolute atomic E-state index is 11.2. The zero-order chi connectivity index (χ0) is 8.65. The summed E-state index contributed by atoms with van der Waals surface area (Å²) < 4.78 is 10.5. The molecule has 0 unspecified atom stereocenters. The van der Waals surface area contributed by atoms with Crippen molar-refractivity contribution in [2.75, 3.05) is 13.6 Å². The summed E-state index contributed by atoms with van der Waals surface area (Å²) in [5.74, 6) is -0.116. The van der Waals surface area contributed by atoms with E-state index in [-0.39, 0.29) is 11.3 Å². The van der Waals surface area contributed by atoms with Crippen LogP contribution in [-0.4, -0.2) is 33.5 Å². The Morgan fingerprint density at radius 1 is 1.55 bits per heavy atom. The van der Waals surface area contributed by atoms with E-state index in [4.69, 9.17) is 0 Å². The Morgan fingerprint density at radius 2 is 2.09 bits per heavy atom. The number of amides is 1. The molecule has 0 aromatic carbocycles. The minimum absolute atomic E-state index is 0.116. The standard InChI is InChI=1S/C7H11NO2S/c1-7(2)4-8(3)6(9)5(7)11-10/h4H2,1-3H3. The van der Waals surface area contributed by atoms with Crippen molar-refractivity contribution < 1.29 is 9.00 Å². The number of carbonyl (C=O) groups excluding carboxylic acids is 1. The molecule has 0 saturated carbocycles. The second kappa shape index (κ2) is 2.44. The molecule has 0 radical (unpaired) electrons. The molecule has 1 aliphatic heterocycles. The molecule has 0 spiro atoms. The van der Waals surface area contributed by atoms with E-state index in [0.29, 0.717) is 22.7 Å². The van der Waals surface area contributed by atoms with E-state index < -0.39 is 0 Å². The predicted octanol–water partition coefficient (Wildman–Crippen LogP) is -0.130. The smallest absolute Gasteiger partial charge is 0.263 e. The van der Waals surface area contributed by atoms with Gasteiger partial charge in [0.15, 0.2) is 0 Å². The summed E-state index contributed by atoms with van der Waals surface area (Å²) in [6.45, 7) is 4.47. The van der Waals surface area contributed by atoms with Crippen molar-refractivity contribution >= 4 is 22.0 Å². The summed E-state index contributed by atoms with van der Waals surface area (Å²) in [6.07, 6.45) is 0. The van der Waals surface area contributed by atoms with Crippen LogP contribution >= 0.6 is 0 Å². The van der Waals surface area contributed by atoms with Gasteiger partial charge in [0, 0.05) is 19.0 Å². The van der Waals surface area contributed by atoms with Crippen molar-refractivity contribution in [1.29, 1.82) is 0 Å². The van der Waals surface area contributed by atoms with Crippen LogP contribution in [0, 0.1) is 5.41 Å². The first kappa shape index (κ1) is 8.46. The summed E-state index contributed by atoms with van der Waals surface area (Å²) in [7, 11) is 1.72. The molecule has 3 nitrogen and oxygen atoms in total. The van der Waals surface area contributed by atoms with E-state index in [0.717, 1.165) is 0 Å². The van der Waals surface area contributed by atoms with Crippen LogP contribution in [0.1, 0.15) is 13.8 Å². The largest absolute Gasteiger partial charge is 0.340 e. The van der Waals surface area contributed by atoms with Crippen LogP contribution in [0.4, 0.5) is 0 Å². The van der Waals surface area contributed by atoms with Crippen LogP contribution in [0.5, 0.6) is 0 Å². The molecule has 1 fully saturated rings. The molecule has 4 heteroatoms. The molecule has 0 aromatic rings. The fourth-order valence-electron chi connectivity index (χ4n) is 1.35. The molecule has 0 aromatic heterocycles. The maximum Gasteiger partial charge on any atom is 0.263 e. The quantitative estimate of drug-likeness (QED) is 0.478. The number of hydrogen-bond acceptors (Lipinski definition) is 2. The van der Waals surface area contributed by atoms with Gasteiger partial charge in [0.05, 0.1) is 11.3 Å². The molecule has 0 aliphatic carbocycles. The van der Waals surface area contributed by atoms with Gasteiger partial charge in [0.2, 0.25) is 0 Å². The van der Waals surface area contributed by atoms with Gasteiger partial charge in [0.25, 0.3) is 5.91 Å². The van der Waals surface area contributed by atoms with E-state index in [2.05, 4.69) is 0 Å². The number of likely N-dealkylation sites (tertiary alicyclic amines) is 1. The third kappa shape index (κ3) is 1.22. The van der Waals surface area contributed by atoms with Crippen molar-refractivity contribution in [2.24, 2.45) is 5.41 Å². The summed E-state index contributed by atoms with van der Waals surface area (Å²) in [5.41, 5.74) is -0.252. The van der Waals surface area contributed by atoms with Crippen molar-refractivity contribution in [1.82, 2.24) is 4.90 Å². The number of hydrogen-bond donors (Lipinski definition) is 0. The predicted molar refractivity (Wildman–Crippen MR) is 44.6 cm³/mol. The lowest BCUT2D eigenvalue weighted by atomic mass is 9.93. The minimum atomic E-state index is -0.252. The topological polar surface area (TPSA) is 37.4 Å². The van der Waals surface area contributed by atoms with Gasteiger partial charge in [-0.3, -0.25) is 4.79 Å². The third-order valence-electron chi connectivity index (χ3n) is 1.87. The van der Waals surface area contributed by atoms with Gasteiger partial charge in [-0.15, -0.1) is 0 Å². The summed E-state index contributed by atoms with van der Waals surface area (Å²) >= 11 is 0.327. The van der Waals surface area contributed by atoms with Crippen LogP contribution in [0.25, 0.3) is 0 Å². The van der Waals surface area contributed by atoms with Gasteiger partial charge < -0.3 is 4.90 Å². The monoisotopic (exact) mass is 173 g/mol. The molecule has 0 bridgehead atoms.